The minimum atomic E-state index is -0.273. The molecular weight excluding hydrogens is 248 g/mol. The van der Waals surface area contributed by atoms with E-state index in [1.807, 2.05) is 7.05 Å². The third-order valence-corrected chi connectivity index (χ3v) is 5.77. The van der Waals surface area contributed by atoms with Gasteiger partial charge in [-0.1, -0.05) is 0 Å². The van der Waals surface area contributed by atoms with Gasteiger partial charge in [0.25, 0.3) is 0 Å². The van der Waals surface area contributed by atoms with E-state index in [1.165, 1.54) is 58.3 Å². The van der Waals surface area contributed by atoms with E-state index < -0.39 is 0 Å². The van der Waals surface area contributed by atoms with Crippen LogP contribution in [0, 0.1) is 11.3 Å². The van der Waals surface area contributed by atoms with Crippen LogP contribution in [0.1, 0.15) is 44.9 Å². The summed E-state index contributed by atoms with van der Waals surface area (Å²) in [4.78, 5) is 5.40. The third kappa shape index (κ3) is 2.72. The molecule has 0 amide bonds. The van der Waals surface area contributed by atoms with Gasteiger partial charge < -0.3 is 5.32 Å². The van der Waals surface area contributed by atoms with Crippen molar-refractivity contribution in [2.45, 2.75) is 62.6 Å². The Kier molecular flexibility index (Phi) is 4.30. The first-order valence-electron chi connectivity index (χ1n) is 8.35. The fourth-order valence-corrected chi connectivity index (χ4v) is 4.51. The Morgan fingerprint density at radius 1 is 1.05 bits per heavy atom. The van der Waals surface area contributed by atoms with E-state index in [0.717, 1.165) is 18.9 Å². The van der Waals surface area contributed by atoms with E-state index in [9.17, 15) is 5.26 Å². The molecule has 0 aromatic heterocycles. The van der Waals surface area contributed by atoms with Crippen LogP contribution in [-0.2, 0) is 0 Å². The number of nitrogens with one attached hydrogen (secondary N) is 1. The Hall–Kier alpha value is -0.630. The second-order valence-electron chi connectivity index (χ2n) is 6.87. The molecule has 0 radical (unpaired) electrons. The normalized spacial score (nSPS) is 40.0. The molecule has 3 rings (SSSR count). The molecule has 0 aromatic rings. The van der Waals surface area contributed by atoms with Crippen LogP contribution >= 0.6 is 0 Å². The topological polar surface area (TPSA) is 42.3 Å². The fourth-order valence-electron chi connectivity index (χ4n) is 4.51. The molecule has 3 atom stereocenters. The van der Waals surface area contributed by atoms with Crippen LogP contribution in [0.5, 0.6) is 0 Å². The lowest BCUT2D eigenvalue weighted by Gasteiger charge is -2.41. The summed E-state index contributed by atoms with van der Waals surface area (Å²) < 4.78 is 0. The van der Waals surface area contributed by atoms with Gasteiger partial charge in [-0.05, 0) is 71.6 Å². The summed E-state index contributed by atoms with van der Waals surface area (Å²) in [5.41, 5.74) is -0.273. The minimum Gasteiger partial charge on any atom is -0.302 e. The summed E-state index contributed by atoms with van der Waals surface area (Å²) in [6, 6.07) is 3.94. The zero-order valence-corrected chi connectivity index (χ0v) is 12.8. The molecule has 2 aliphatic heterocycles. The van der Waals surface area contributed by atoms with Crippen LogP contribution in [0.4, 0.5) is 0 Å². The highest BCUT2D eigenvalue weighted by Crippen LogP contribution is 2.32. The summed E-state index contributed by atoms with van der Waals surface area (Å²) in [5.74, 6) is 0. The van der Waals surface area contributed by atoms with E-state index in [1.54, 1.807) is 0 Å². The SMILES string of the molecule is CNC1(C#N)CCCC(N2CCCN3CCCC3C2)C1. The van der Waals surface area contributed by atoms with Crippen LogP contribution in [0.2, 0.25) is 0 Å². The molecule has 0 spiro atoms. The van der Waals surface area contributed by atoms with Crippen LogP contribution in [0.15, 0.2) is 0 Å². The Bertz CT molecular complexity index is 377. The van der Waals surface area contributed by atoms with Crippen molar-refractivity contribution < 1.29 is 0 Å². The third-order valence-electron chi connectivity index (χ3n) is 5.77. The first-order valence-corrected chi connectivity index (χ1v) is 8.35. The van der Waals surface area contributed by atoms with Gasteiger partial charge in [0.1, 0.15) is 5.54 Å². The molecule has 1 saturated carbocycles. The Morgan fingerprint density at radius 2 is 1.80 bits per heavy atom. The smallest absolute Gasteiger partial charge is 0.108 e. The number of hydrogen-bond donors (Lipinski definition) is 1. The molecule has 3 aliphatic rings. The van der Waals surface area contributed by atoms with E-state index in [4.69, 9.17) is 0 Å². The van der Waals surface area contributed by atoms with Crippen molar-refractivity contribution in [1.29, 1.82) is 5.26 Å². The van der Waals surface area contributed by atoms with E-state index in [0.29, 0.717) is 6.04 Å². The average molecular weight is 276 g/mol. The van der Waals surface area contributed by atoms with Crippen LogP contribution in [0.25, 0.3) is 0 Å². The Labute approximate surface area is 123 Å². The van der Waals surface area contributed by atoms with Crippen molar-refractivity contribution in [2.75, 3.05) is 33.2 Å². The highest BCUT2D eigenvalue weighted by Gasteiger charge is 2.39. The van der Waals surface area contributed by atoms with E-state index >= 15 is 0 Å². The molecular formula is C16H28N4. The molecule has 3 fully saturated rings. The zero-order chi connectivity index (χ0) is 14.0. The van der Waals surface area contributed by atoms with Crippen molar-refractivity contribution in [3.05, 3.63) is 0 Å². The maximum absolute atomic E-state index is 9.52. The fraction of sp³-hybridized carbons (Fsp3) is 0.938. The summed E-state index contributed by atoms with van der Waals surface area (Å²) in [5, 5.41) is 12.8. The van der Waals surface area contributed by atoms with E-state index in [-0.39, 0.29) is 5.54 Å². The lowest BCUT2D eigenvalue weighted by molar-refractivity contribution is 0.113. The molecule has 0 bridgehead atoms. The highest BCUT2D eigenvalue weighted by molar-refractivity contribution is 5.10. The monoisotopic (exact) mass is 276 g/mol. The average Bonchev–Trinajstić information content (AvgIpc) is 2.84. The molecule has 4 nitrogen and oxygen atoms in total. The van der Waals surface area contributed by atoms with Crippen LogP contribution < -0.4 is 5.32 Å². The van der Waals surface area contributed by atoms with Crippen LogP contribution in [-0.4, -0.2) is 60.6 Å². The molecule has 1 N–H and O–H groups in total. The summed E-state index contributed by atoms with van der Waals surface area (Å²) in [6.45, 7) is 5.05. The lowest BCUT2D eigenvalue weighted by Crippen LogP contribution is -2.52. The van der Waals surface area contributed by atoms with Gasteiger partial charge in [-0.2, -0.15) is 5.26 Å². The first-order chi connectivity index (χ1) is 9.76. The summed E-state index contributed by atoms with van der Waals surface area (Å²) in [6.07, 6.45) is 8.53. The Balaban J connectivity index is 1.67. The van der Waals surface area contributed by atoms with Gasteiger partial charge >= 0.3 is 0 Å². The predicted octanol–water partition coefficient (Wildman–Crippen LogP) is 1.58. The van der Waals surface area contributed by atoms with Crippen molar-refractivity contribution in [1.82, 2.24) is 15.1 Å². The number of fused-ring (bicyclic) bond motifs is 1. The van der Waals surface area contributed by atoms with Crippen molar-refractivity contribution in [3.8, 4) is 6.07 Å². The molecule has 1 aliphatic carbocycles. The number of nitrogens with zero attached hydrogens (tertiary/aromatic N) is 3. The second kappa shape index (κ2) is 6.01. The predicted molar refractivity (Wildman–Crippen MR) is 80.4 cm³/mol. The quantitative estimate of drug-likeness (QED) is 0.831. The van der Waals surface area contributed by atoms with Gasteiger partial charge in [-0.25, -0.2) is 0 Å². The minimum absolute atomic E-state index is 0.273. The summed E-state index contributed by atoms with van der Waals surface area (Å²) in [7, 11) is 1.95. The molecule has 20 heavy (non-hydrogen) atoms. The Morgan fingerprint density at radius 3 is 2.60 bits per heavy atom. The van der Waals surface area contributed by atoms with Gasteiger partial charge in [-0.15, -0.1) is 0 Å². The standard InChI is InChI=1S/C16H28N4/c1-18-16(13-17)7-2-5-14(11-16)20-10-4-9-19-8-3-6-15(19)12-20/h14-15,18H,2-12H2,1H3. The summed E-state index contributed by atoms with van der Waals surface area (Å²) >= 11 is 0. The molecule has 2 heterocycles. The molecule has 4 heteroatoms. The molecule has 3 unspecified atom stereocenters. The largest absolute Gasteiger partial charge is 0.302 e. The molecule has 112 valence electrons. The lowest BCUT2D eigenvalue weighted by atomic mass is 9.79. The molecule has 0 aromatic carbocycles. The van der Waals surface area contributed by atoms with Crippen LogP contribution in [0.3, 0.4) is 0 Å². The number of hydrogen-bond acceptors (Lipinski definition) is 4. The van der Waals surface area contributed by atoms with Gasteiger partial charge in [0.05, 0.1) is 6.07 Å². The van der Waals surface area contributed by atoms with Gasteiger partial charge in [-0.3, -0.25) is 9.80 Å². The first kappa shape index (κ1) is 14.3. The van der Waals surface area contributed by atoms with Crippen molar-refractivity contribution in [2.24, 2.45) is 0 Å². The second-order valence-corrected chi connectivity index (χ2v) is 6.87. The maximum atomic E-state index is 9.52. The zero-order valence-electron chi connectivity index (χ0n) is 12.8. The van der Waals surface area contributed by atoms with Gasteiger partial charge in [0.15, 0.2) is 0 Å². The van der Waals surface area contributed by atoms with E-state index in [2.05, 4.69) is 21.2 Å². The van der Waals surface area contributed by atoms with Crippen molar-refractivity contribution >= 4 is 0 Å². The number of nitriles is 1. The van der Waals surface area contributed by atoms with Gasteiger partial charge in [0, 0.05) is 18.6 Å². The molecule has 2 saturated heterocycles. The van der Waals surface area contributed by atoms with Gasteiger partial charge in [0.2, 0.25) is 0 Å². The van der Waals surface area contributed by atoms with Crippen molar-refractivity contribution in [3.63, 3.8) is 0 Å². The maximum Gasteiger partial charge on any atom is 0.108 e. The number of rotatable bonds is 2. The highest BCUT2D eigenvalue weighted by atomic mass is 15.3.